The number of nitrogens with zero attached hydrogens (tertiary/aromatic N) is 1. The van der Waals surface area contributed by atoms with E-state index >= 15 is 0 Å². The van der Waals surface area contributed by atoms with E-state index in [0.717, 1.165) is 21.9 Å². The number of carbonyl (C=O) groups excluding carboxylic acids is 1. The van der Waals surface area contributed by atoms with Gasteiger partial charge in [-0.3, -0.25) is 9.10 Å². The predicted molar refractivity (Wildman–Crippen MR) is 112 cm³/mol. The van der Waals surface area contributed by atoms with Gasteiger partial charge in [0.25, 0.3) is 0 Å². The largest absolute Gasteiger partial charge is 0.494 e. The van der Waals surface area contributed by atoms with Gasteiger partial charge in [0.05, 0.1) is 24.6 Å². The third kappa shape index (κ3) is 5.93. The highest BCUT2D eigenvalue weighted by Crippen LogP contribution is 2.24. The number of rotatable bonds is 9. The number of hydrogen-bond donors (Lipinski definition) is 1. The summed E-state index contributed by atoms with van der Waals surface area (Å²) < 4.78 is 44.5. The molecule has 2 aromatic carbocycles. The zero-order valence-corrected chi connectivity index (χ0v) is 17.9. The quantitative estimate of drug-likeness (QED) is 0.669. The van der Waals surface area contributed by atoms with Gasteiger partial charge >= 0.3 is 0 Å². The Morgan fingerprint density at radius 3 is 2.17 bits per heavy atom. The van der Waals surface area contributed by atoms with Crippen LogP contribution in [0.3, 0.4) is 0 Å². The van der Waals surface area contributed by atoms with E-state index in [4.69, 9.17) is 4.74 Å². The van der Waals surface area contributed by atoms with Crippen molar-refractivity contribution in [1.29, 1.82) is 0 Å². The molecule has 0 heterocycles. The van der Waals surface area contributed by atoms with E-state index in [-0.39, 0.29) is 18.2 Å². The summed E-state index contributed by atoms with van der Waals surface area (Å²) in [6.45, 7) is 6.02. The topological polar surface area (TPSA) is 75.7 Å². The monoisotopic (exact) mass is 422 g/mol. The molecular weight excluding hydrogens is 395 g/mol. The van der Waals surface area contributed by atoms with Crippen LogP contribution in [0.25, 0.3) is 0 Å². The molecule has 0 bridgehead atoms. The Labute approximate surface area is 171 Å². The third-order valence-corrected chi connectivity index (χ3v) is 5.64. The maximum absolute atomic E-state index is 13.3. The fourth-order valence-electron chi connectivity index (χ4n) is 3.06. The van der Waals surface area contributed by atoms with E-state index in [1.54, 1.807) is 6.92 Å². The van der Waals surface area contributed by atoms with Crippen LogP contribution in [-0.2, 0) is 14.8 Å². The molecule has 0 fully saturated rings. The van der Waals surface area contributed by atoms with E-state index in [1.807, 2.05) is 38.1 Å². The Bertz CT molecular complexity index is 915. The number of hydrogen-bond acceptors (Lipinski definition) is 4. The van der Waals surface area contributed by atoms with Gasteiger partial charge in [0.1, 0.15) is 17.6 Å². The Hall–Kier alpha value is -2.61. The lowest BCUT2D eigenvalue weighted by atomic mass is 10.1. The van der Waals surface area contributed by atoms with Crippen LogP contribution >= 0.6 is 0 Å². The molecule has 158 valence electrons. The molecule has 0 unspecified atom stereocenters. The molecule has 1 amide bonds. The maximum Gasteiger partial charge on any atom is 0.244 e. The zero-order valence-electron chi connectivity index (χ0n) is 17.1. The first-order valence-electron chi connectivity index (χ1n) is 9.45. The van der Waals surface area contributed by atoms with Crippen LogP contribution in [0, 0.1) is 5.82 Å². The van der Waals surface area contributed by atoms with Crippen molar-refractivity contribution in [3.8, 4) is 5.75 Å². The van der Waals surface area contributed by atoms with Crippen LogP contribution in [0.5, 0.6) is 5.75 Å². The summed E-state index contributed by atoms with van der Waals surface area (Å²) in [4.78, 5) is 12.9. The first-order valence-corrected chi connectivity index (χ1v) is 11.3. The number of anilines is 1. The lowest BCUT2D eigenvalue weighted by molar-refractivity contribution is -0.122. The molecule has 8 heteroatoms. The first kappa shape index (κ1) is 22.7. The van der Waals surface area contributed by atoms with Gasteiger partial charge in [0, 0.05) is 0 Å². The molecule has 29 heavy (non-hydrogen) atoms. The van der Waals surface area contributed by atoms with Gasteiger partial charge < -0.3 is 10.1 Å². The molecule has 0 aliphatic rings. The number of sulfonamides is 1. The van der Waals surface area contributed by atoms with Crippen LogP contribution in [0.1, 0.15) is 38.8 Å². The van der Waals surface area contributed by atoms with Gasteiger partial charge in [-0.15, -0.1) is 0 Å². The van der Waals surface area contributed by atoms with Crippen molar-refractivity contribution in [2.24, 2.45) is 0 Å². The minimum Gasteiger partial charge on any atom is -0.494 e. The van der Waals surface area contributed by atoms with Crippen LogP contribution in [0.4, 0.5) is 10.1 Å². The van der Waals surface area contributed by atoms with Crippen molar-refractivity contribution in [3.63, 3.8) is 0 Å². The van der Waals surface area contributed by atoms with Crippen LogP contribution in [-0.4, -0.2) is 33.2 Å². The minimum atomic E-state index is -3.77. The molecule has 0 aliphatic carbocycles. The molecule has 0 saturated heterocycles. The zero-order chi connectivity index (χ0) is 21.6. The van der Waals surface area contributed by atoms with E-state index in [1.165, 1.54) is 24.3 Å². The van der Waals surface area contributed by atoms with Crippen molar-refractivity contribution in [2.45, 2.75) is 39.3 Å². The number of amides is 1. The fraction of sp³-hybridized carbons (Fsp3) is 0.381. The molecule has 0 aromatic heterocycles. The summed E-state index contributed by atoms with van der Waals surface area (Å²) in [5, 5.41) is 2.87. The second kappa shape index (κ2) is 9.73. The lowest BCUT2D eigenvalue weighted by Gasteiger charge is -2.31. The number of halogens is 1. The van der Waals surface area contributed by atoms with Gasteiger partial charge in [0.15, 0.2) is 0 Å². The third-order valence-electron chi connectivity index (χ3n) is 4.46. The minimum absolute atomic E-state index is 0.240. The summed E-state index contributed by atoms with van der Waals surface area (Å²) in [7, 11) is -3.77. The van der Waals surface area contributed by atoms with Gasteiger partial charge in [-0.05, 0) is 62.2 Å². The fourth-order valence-corrected chi connectivity index (χ4v) is 4.27. The predicted octanol–water partition coefficient (Wildman–Crippen LogP) is 3.65. The molecule has 2 aromatic rings. The highest BCUT2D eigenvalue weighted by molar-refractivity contribution is 7.92. The van der Waals surface area contributed by atoms with Gasteiger partial charge in [-0.1, -0.05) is 19.1 Å². The lowest BCUT2D eigenvalue weighted by Crippen LogP contribution is -2.49. The summed E-state index contributed by atoms with van der Waals surface area (Å²) in [6, 6.07) is 11.1. The van der Waals surface area contributed by atoms with Gasteiger partial charge in [-0.2, -0.15) is 0 Å². The molecular formula is C21H27FN2O4S. The van der Waals surface area contributed by atoms with Gasteiger partial charge in [-0.25, -0.2) is 12.8 Å². The van der Waals surface area contributed by atoms with E-state index in [0.29, 0.717) is 6.61 Å². The van der Waals surface area contributed by atoms with Crippen molar-refractivity contribution in [1.82, 2.24) is 5.32 Å². The standard InChI is InChI=1S/C21H27FN2O4S/c1-5-20(24(29(4,26)27)18-11-9-17(22)10-12-18)21(25)23-15(3)16-7-13-19(14-8-16)28-6-2/h7-15,20H,5-6H2,1-4H3,(H,23,25)/t15-,20-/m0/s1. The normalized spacial score (nSPS) is 13.4. The highest BCUT2D eigenvalue weighted by atomic mass is 32.2. The Kier molecular flexibility index (Phi) is 7.61. The van der Waals surface area contributed by atoms with E-state index < -0.39 is 27.8 Å². The maximum atomic E-state index is 13.3. The first-order chi connectivity index (χ1) is 13.7. The van der Waals surface area contributed by atoms with Crippen LogP contribution in [0.15, 0.2) is 48.5 Å². The SMILES string of the molecule is CCOc1ccc([C@H](C)NC(=O)[C@H](CC)N(c2ccc(F)cc2)S(C)(=O)=O)cc1. The van der Waals surface area contributed by atoms with E-state index in [2.05, 4.69) is 5.32 Å². The second-order valence-corrected chi connectivity index (χ2v) is 8.55. The van der Waals surface area contributed by atoms with Crippen LogP contribution < -0.4 is 14.4 Å². The summed E-state index contributed by atoms with van der Waals surface area (Å²) in [5.41, 5.74) is 1.11. The molecule has 2 rings (SSSR count). The molecule has 0 saturated carbocycles. The average molecular weight is 423 g/mol. The molecule has 0 radical (unpaired) electrons. The van der Waals surface area contributed by atoms with Crippen molar-refractivity contribution < 1.29 is 22.3 Å². The summed E-state index contributed by atoms with van der Waals surface area (Å²) in [6.07, 6.45) is 1.29. The number of carbonyl (C=O) groups is 1. The van der Waals surface area contributed by atoms with Crippen molar-refractivity contribution >= 4 is 21.6 Å². The number of ether oxygens (including phenoxy) is 1. The molecule has 6 nitrogen and oxygen atoms in total. The van der Waals surface area contributed by atoms with E-state index in [9.17, 15) is 17.6 Å². The summed E-state index contributed by atoms with van der Waals surface area (Å²) >= 11 is 0. The van der Waals surface area contributed by atoms with Crippen molar-refractivity contribution in [2.75, 3.05) is 17.2 Å². The van der Waals surface area contributed by atoms with Crippen LogP contribution in [0.2, 0.25) is 0 Å². The Morgan fingerprint density at radius 1 is 1.10 bits per heavy atom. The van der Waals surface area contributed by atoms with Crippen molar-refractivity contribution in [3.05, 3.63) is 59.9 Å². The molecule has 0 aliphatic heterocycles. The molecule has 0 spiro atoms. The highest BCUT2D eigenvalue weighted by Gasteiger charge is 2.32. The molecule has 1 N–H and O–H groups in total. The smallest absolute Gasteiger partial charge is 0.244 e. The summed E-state index contributed by atoms with van der Waals surface area (Å²) in [5.74, 6) is -0.173. The van der Waals surface area contributed by atoms with Gasteiger partial charge in [0.2, 0.25) is 15.9 Å². The number of nitrogens with one attached hydrogen (secondary N) is 1. The number of benzene rings is 2. The molecule has 2 atom stereocenters. The Morgan fingerprint density at radius 2 is 1.69 bits per heavy atom. The average Bonchev–Trinajstić information content (AvgIpc) is 2.66. The second-order valence-electron chi connectivity index (χ2n) is 6.69. The Balaban J connectivity index is 2.23.